The van der Waals surface area contributed by atoms with E-state index in [0.29, 0.717) is 17.1 Å². The number of rotatable bonds is 5. The van der Waals surface area contributed by atoms with E-state index in [1.807, 2.05) is 0 Å². The minimum Gasteiger partial charge on any atom is -0.352 e. The van der Waals surface area contributed by atoms with Gasteiger partial charge in [-0.2, -0.15) is 0 Å². The summed E-state index contributed by atoms with van der Waals surface area (Å²) in [6, 6.07) is 13.6. The minimum absolute atomic E-state index is 0.120. The van der Waals surface area contributed by atoms with Gasteiger partial charge in [-0.3, -0.25) is 25.2 Å². The normalized spacial score (nSPS) is 10.0. The monoisotopic (exact) mass is 359 g/mol. The van der Waals surface area contributed by atoms with Gasteiger partial charge >= 0.3 is 0 Å². The molecular formula is C18H18ClN3O3. The SMILES string of the molecule is CC(=O)NCc1ccc(C(=O)NNC(=O)Cc2ccc(Cl)cc2)cc1. The Kier molecular flexibility index (Phi) is 6.54. The number of halogens is 1. The molecule has 0 aliphatic carbocycles. The number of carbonyl (C=O) groups excluding carboxylic acids is 3. The Hall–Kier alpha value is -2.86. The fourth-order valence-corrected chi connectivity index (χ4v) is 2.16. The van der Waals surface area contributed by atoms with Crippen LogP contribution in [0.1, 0.15) is 28.4 Å². The third-order valence-corrected chi connectivity index (χ3v) is 3.60. The van der Waals surface area contributed by atoms with Crippen molar-refractivity contribution in [3.63, 3.8) is 0 Å². The standard InChI is InChI=1S/C18H18ClN3O3/c1-12(23)20-11-14-2-6-15(7-3-14)18(25)22-21-17(24)10-13-4-8-16(19)9-5-13/h2-9H,10-11H2,1H3,(H,20,23)(H,21,24)(H,22,25). The van der Waals surface area contributed by atoms with Crippen LogP contribution in [-0.4, -0.2) is 17.7 Å². The number of benzene rings is 2. The van der Waals surface area contributed by atoms with Crippen LogP contribution in [0.5, 0.6) is 0 Å². The number of nitrogens with one attached hydrogen (secondary N) is 3. The molecule has 0 atom stereocenters. The van der Waals surface area contributed by atoms with E-state index >= 15 is 0 Å². The topological polar surface area (TPSA) is 87.3 Å². The van der Waals surface area contributed by atoms with E-state index in [2.05, 4.69) is 16.2 Å². The second-order valence-corrected chi connectivity index (χ2v) is 5.85. The van der Waals surface area contributed by atoms with Gasteiger partial charge in [0.25, 0.3) is 5.91 Å². The Morgan fingerprint density at radius 1 is 0.880 bits per heavy atom. The fourth-order valence-electron chi connectivity index (χ4n) is 2.03. The maximum atomic E-state index is 12.0. The first kappa shape index (κ1) is 18.5. The van der Waals surface area contributed by atoms with Crippen LogP contribution in [0.25, 0.3) is 0 Å². The summed E-state index contributed by atoms with van der Waals surface area (Å²) in [6.07, 6.45) is 0.132. The van der Waals surface area contributed by atoms with E-state index in [9.17, 15) is 14.4 Å². The van der Waals surface area contributed by atoms with Crippen molar-refractivity contribution < 1.29 is 14.4 Å². The van der Waals surface area contributed by atoms with Crippen molar-refractivity contribution in [2.45, 2.75) is 19.9 Å². The van der Waals surface area contributed by atoms with Gasteiger partial charge in [-0.05, 0) is 35.4 Å². The van der Waals surface area contributed by atoms with Crippen LogP contribution in [0.2, 0.25) is 5.02 Å². The predicted molar refractivity (Wildman–Crippen MR) is 94.7 cm³/mol. The molecule has 0 fully saturated rings. The van der Waals surface area contributed by atoms with E-state index in [1.165, 1.54) is 6.92 Å². The number of amides is 3. The average molecular weight is 360 g/mol. The molecule has 0 aliphatic heterocycles. The lowest BCUT2D eigenvalue weighted by Crippen LogP contribution is -2.42. The highest BCUT2D eigenvalue weighted by molar-refractivity contribution is 6.30. The molecular weight excluding hydrogens is 342 g/mol. The molecule has 0 saturated heterocycles. The van der Waals surface area contributed by atoms with Crippen LogP contribution in [0.3, 0.4) is 0 Å². The summed E-state index contributed by atoms with van der Waals surface area (Å²) in [6.45, 7) is 1.84. The second-order valence-electron chi connectivity index (χ2n) is 5.41. The summed E-state index contributed by atoms with van der Waals surface area (Å²) in [7, 11) is 0. The maximum absolute atomic E-state index is 12.0. The second kappa shape index (κ2) is 8.84. The Balaban J connectivity index is 1.81. The van der Waals surface area contributed by atoms with Crippen LogP contribution in [0.4, 0.5) is 0 Å². The molecule has 0 radical (unpaired) electrons. The lowest BCUT2D eigenvalue weighted by Gasteiger charge is -2.08. The van der Waals surface area contributed by atoms with E-state index in [-0.39, 0.29) is 18.2 Å². The zero-order chi connectivity index (χ0) is 18.2. The third-order valence-electron chi connectivity index (χ3n) is 3.35. The molecule has 25 heavy (non-hydrogen) atoms. The highest BCUT2D eigenvalue weighted by Gasteiger charge is 2.08. The van der Waals surface area contributed by atoms with E-state index < -0.39 is 5.91 Å². The third kappa shape index (κ3) is 6.27. The minimum atomic E-state index is -0.421. The van der Waals surface area contributed by atoms with Crippen molar-refractivity contribution >= 4 is 29.3 Å². The molecule has 0 unspecified atom stereocenters. The first-order valence-electron chi connectivity index (χ1n) is 7.61. The average Bonchev–Trinajstić information content (AvgIpc) is 2.60. The van der Waals surface area contributed by atoms with Gasteiger partial charge in [0.05, 0.1) is 6.42 Å². The highest BCUT2D eigenvalue weighted by Crippen LogP contribution is 2.09. The summed E-state index contributed by atoms with van der Waals surface area (Å²) in [5.74, 6) is -0.876. The molecule has 0 bridgehead atoms. The molecule has 0 aromatic heterocycles. The van der Waals surface area contributed by atoms with Gasteiger partial charge in [-0.1, -0.05) is 35.9 Å². The Labute approximate surface area is 150 Å². The molecule has 0 spiro atoms. The molecule has 130 valence electrons. The smallest absolute Gasteiger partial charge is 0.269 e. The van der Waals surface area contributed by atoms with Gasteiger partial charge in [0.2, 0.25) is 11.8 Å². The molecule has 0 heterocycles. The van der Waals surface area contributed by atoms with Gasteiger partial charge in [-0.15, -0.1) is 0 Å². The van der Waals surface area contributed by atoms with Crippen LogP contribution >= 0.6 is 11.6 Å². The molecule has 0 aliphatic rings. The molecule has 2 aromatic rings. The van der Waals surface area contributed by atoms with Crippen molar-refractivity contribution in [3.8, 4) is 0 Å². The Bertz CT molecular complexity index is 758. The fraction of sp³-hybridized carbons (Fsp3) is 0.167. The van der Waals surface area contributed by atoms with Crippen molar-refractivity contribution in [2.75, 3.05) is 0 Å². The summed E-state index contributed by atoms with van der Waals surface area (Å²) < 4.78 is 0. The number of carbonyl (C=O) groups is 3. The molecule has 3 amide bonds. The van der Waals surface area contributed by atoms with E-state index in [0.717, 1.165) is 11.1 Å². The predicted octanol–water partition coefficient (Wildman–Crippen LogP) is 1.98. The van der Waals surface area contributed by atoms with Crippen LogP contribution in [-0.2, 0) is 22.6 Å². The molecule has 2 rings (SSSR count). The van der Waals surface area contributed by atoms with Crippen LogP contribution in [0.15, 0.2) is 48.5 Å². The van der Waals surface area contributed by atoms with Crippen molar-refractivity contribution in [3.05, 3.63) is 70.2 Å². The number of hydrogen-bond donors (Lipinski definition) is 3. The quantitative estimate of drug-likeness (QED) is 0.713. The lowest BCUT2D eigenvalue weighted by molar-refractivity contribution is -0.121. The number of hydrogen-bond acceptors (Lipinski definition) is 3. The Morgan fingerprint density at radius 3 is 2.08 bits per heavy atom. The summed E-state index contributed by atoms with van der Waals surface area (Å²) in [4.78, 5) is 34.7. The molecule has 3 N–H and O–H groups in total. The van der Waals surface area contributed by atoms with Crippen LogP contribution in [0, 0.1) is 0 Å². The summed E-state index contributed by atoms with van der Waals surface area (Å²) in [5.41, 5.74) is 6.80. The molecule has 6 nitrogen and oxygen atoms in total. The van der Waals surface area contributed by atoms with Crippen molar-refractivity contribution in [1.82, 2.24) is 16.2 Å². The first-order valence-corrected chi connectivity index (χ1v) is 7.99. The van der Waals surface area contributed by atoms with Gasteiger partial charge in [0.1, 0.15) is 0 Å². The molecule has 2 aromatic carbocycles. The summed E-state index contributed by atoms with van der Waals surface area (Å²) in [5, 5.41) is 3.27. The Morgan fingerprint density at radius 2 is 1.48 bits per heavy atom. The summed E-state index contributed by atoms with van der Waals surface area (Å²) >= 11 is 5.79. The molecule has 0 saturated carbocycles. The van der Waals surface area contributed by atoms with Crippen LogP contribution < -0.4 is 16.2 Å². The number of hydrazine groups is 1. The maximum Gasteiger partial charge on any atom is 0.269 e. The van der Waals surface area contributed by atoms with Crippen molar-refractivity contribution in [1.29, 1.82) is 0 Å². The molecule has 7 heteroatoms. The first-order chi connectivity index (χ1) is 11.9. The van der Waals surface area contributed by atoms with Gasteiger partial charge in [-0.25, -0.2) is 0 Å². The van der Waals surface area contributed by atoms with E-state index in [4.69, 9.17) is 11.6 Å². The highest BCUT2D eigenvalue weighted by atomic mass is 35.5. The van der Waals surface area contributed by atoms with Crippen molar-refractivity contribution in [2.24, 2.45) is 0 Å². The van der Waals surface area contributed by atoms with Gasteiger partial charge in [0, 0.05) is 24.1 Å². The van der Waals surface area contributed by atoms with E-state index in [1.54, 1.807) is 48.5 Å². The van der Waals surface area contributed by atoms with Gasteiger partial charge in [0.15, 0.2) is 0 Å². The largest absolute Gasteiger partial charge is 0.352 e. The van der Waals surface area contributed by atoms with Gasteiger partial charge < -0.3 is 5.32 Å². The zero-order valence-electron chi connectivity index (χ0n) is 13.6. The zero-order valence-corrected chi connectivity index (χ0v) is 14.4. The lowest BCUT2D eigenvalue weighted by atomic mass is 10.1.